The lowest BCUT2D eigenvalue weighted by atomic mass is 9.62. The molecule has 2 aromatic carbocycles. The Morgan fingerprint density at radius 1 is 0.943 bits per heavy atom. The van der Waals surface area contributed by atoms with Gasteiger partial charge in [-0.05, 0) is 18.3 Å². The molecule has 0 aromatic heterocycles. The third-order valence-corrected chi connectivity index (χ3v) is 6.81. The molecule has 7 nitrogen and oxygen atoms in total. The Morgan fingerprint density at radius 3 is 1.94 bits per heavy atom. The molecular weight excluding hydrogens is 448 g/mol. The number of methoxy groups -OCH3 is 1. The lowest BCUT2D eigenvalue weighted by Gasteiger charge is -2.39. The van der Waals surface area contributed by atoms with Gasteiger partial charge in [-0.2, -0.15) is 0 Å². The molecule has 1 aliphatic carbocycles. The van der Waals surface area contributed by atoms with E-state index in [0.29, 0.717) is 42.7 Å². The summed E-state index contributed by atoms with van der Waals surface area (Å²) in [5.41, 5.74) is -0.690. The third kappa shape index (κ3) is 3.51. The first-order valence-corrected chi connectivity index (χ1v) is 12.0. The molecule has 7 heteroatoms. The molecule has 0 saturated heterocycles. The highest BCUT2D eigenvalue weighted by Gasteiger charge is 2.60. The number of esters is 1. The van der Waals surface area contributed by atoms with Crippen LogP contribution in [0.3, 0.4) is 0 Å². The highest BCUT2D eigenvalue weighted by atomic mass is 16.5. The van der Waals surface area contributed by atoms with Crippen LogP contribution >= 0.6 is 0 Å². The Morgan fingerprint density at radius 2 is 1.46 bits per heavy atom. The zero-order valence-corrected chi connectivity index (χ0v) is 21.2. The molecule has 1 unspecified atom stereocenters. The minimum Gasteiger partial charge on any atom is -0.492 e. The monoisotopic (exact) mass is 480 g/mol. The molecule has 0 N–H and O–H groups in total. The Hall–Kier alpha value is -3.35. The van der Waals surface area contributed by atoms with Crippen LogP contribution in [0.5, 0.6) is 17.2 Å². The normalized spacial score (nSPS) is 18.3. The fourth-order valence-corrected chi connectivity index (χ4v) is 4.97. The highest BCUT2D eigenvalue weighted by molar-refractivity contribution is 6.31. The van der Waals surface area contributed by atoms with Crippen LogP contribution in [0.4, 0.5) is 0 Å². The van der Waals surface area contributed by atoms with Gasteiger partial charge in [-0.1, -0.05) is 58.9 Å². The van der Waals surface area contributed by atoms with E-state index in [0.717, 1.165) is 0 Å². The fourth-order valence-electron chi connectivity index (χ4n) is 4.97. The SMILES string of the molecule is CCCOc1c2c(c(OCCC)c3c1C(=O)c1ccccc1C3=O)C(C(=O)OC)(C(C)(C)C)CO2. The molecule has 2 aromatic rings. The second-order valence-electron chi connectivity index (χ2n) is 9.95. The van der Waals surface area contributed by atoms with Crippen LogP contribution < -0.4 is 14.2 Å². The third-order valence-electron chi connectivity index (χ3n) is 6.81. The number of carbonyl (C=O) groups excluding carboxylic acids is 3. The van der Waals surface area contributed by atoms with Crippen molar-refractivity contribution >= 4 is 17.5 Å². The van der Waals surface area contributed by atoms with E-state index >= 15 is 0 Å². The first kappa shape index (κ1) is 24.8. The number of ether oxygens (including phenoxy) is 4. The number of ketones is 2. The van der Waals surface area contributed by atoms with E-state index in [1.165, 1.54) is 7.11 Å². The van der Waals surface area contributed by atoms with Crippen molar-refractivity contribution in [1.29, 1.82) is 0 Å². The van der Waals surface area contributed by atoms with Gasteiger partial charge in [0, 0.05) is 11.1 Å². The molecule has 1 aliphatic heterocycles. The van der Waals surface area contributed by atoms with Gasteiger partial charge in [0.1, 0.15) is 17.8 Å². The molecule has 0 saturated carbocycles. The maximum Gasteiger partial charge on any atom is 0.320 e. The van der Waals surface area contributed by atoms with Crippen LogP contribution in [0, 0.1) is 5.41 Å². The Bertz CT molecular complexity index is 1200. The van der Waals surface area contributed by atoms with Crippen LogP contribution in [-0.4, -0.2) is 44.5 Å². The van der Waals surface area contributed by atoms with Crippen molar-refractivity contribution in [3.63, 3.8) is 0 Å². The van der Waals surface area contributed by atoms with Crippen LogP contribution in [0.25, 0.3) is 0 Å². The average molecular weight is 481 g/mol. The van der Waals surface area contributed by atoms with Crippen molar-refractivity contribution in [2.24, 2.45) is 5.41 Å². The second-order valence-corrected chi connectivity index (χ2v) is 9.95. The molecule has 1 atom stereocenters. The zero-order valence-electron chi connectivity index (χ0n) is 21.2. The summed E-state index contributed by atoms with van der Waals surface area (Å²) < 4.78 is 23.8. The van der Waals surface area contributed by atoms with Crippen molar-refractivity contribution in [2.75, 3.05) is 26.9 Å². The lowest BCUT2D eigenvalue weighted by molar-refractivity contribution is -0.153. The van der Waals surface area contributed by atoms with Gasteiger partial charge >= 0.3 is 5.97 Å². The lowest BCUT2D eigenvalue weighted by Crippen LogP contribution is -2.49. The van der Waals surface area contributed by atoms with Gasteiger partial charge < -0.3 is 18.9 Å². The van der Waals surface area contributed by atoms with Gasteiger partial charge in [-0.15, -0.1) is 0 Å². The molecule has 0 bridgehead atoms. The number of hydrogen-bond donors (Lipinski definition) is 0. The molecule has 186 valence electrons. The fraction of sp³-hybridized carbons (Fsp3) is 0.464. The number of carbonyl (C=O) groups is 3. The van der Waals surface area contributed by atoms with Crippen molar-refractivity contribution in [1.82, 2.24) is 0 Å². The Labute approximate surface area is 205 Å². The van der Waals surface area contributed by atoms with Crippen LogP contribution in [0.2, 0.25) is 0 Å². The van der Waals surface area contributed by atoms with Gasteiger partial charge in [-0.25, -0.2) is 0 Å². The summed E-state index contributed by atoms with van der Waals surface area (Å²) >= 11 is 0. The van der Waals surface area contributed by atoms with Crippen LogP contribution in [0.1, 0.15) is 84.9 Å². The van der Waals surface area contributed by atoms with E-state index < -0.39 is 16.8 Å². The summed E-state index contributed by atoms with van der Waals surface area (Å²) in [5.74, 6) is -0.522. The van der Waals surface area contributed by atoms with Crippen LogP contribution in [-0.2, 0) is 14.9 Å². The number of benzene rings is 2. The molecular formula is C28H32O7. The topological polar surface area (TPSA) is 88.1 Å². The summed E-state index contributed by atoms with van der Waals surface area (Å²) in [6.45, 7) is 10.2. The maximum absolute atomic E-state index is 13.9. The molecule has 35 heavy (non-hydrogen) atoms. The van der Waals surface area contributed by atoms with Crippen molar-refractivity contribution in [2.45, 2.75) is 52.9 Å². The van der Waals surface area contributed by atoms with E-state index in [9.17, 15) is 14.4 Å². The quantitative estimate of drug-likeness (QED) is 0.445. The second kappa shape index (κ2) is 9.02. The molecule has 0 fully saturated rings. The molecule has 1 heterocycles. The van der Waals surface area contributed by atoms with E-state index in [1.54, 1.807) is 24.3 Å². The standard InChI is InChI=1S/C28H32O7/c1-7-13-33-23-18-19(22(30)17-12-10-9-11-16(17)21(18)29)24(34-14-8-2)25-20(23)28(15-35-25,26(31)32-6)27(3,4)5/h9-12H,7-8,13-15H2,1-6H3. The summed E-state index contributed by atoms with van der Waals surface area (Å²) in [5, 5.41) is 0. The average Bonchev–Trinajstić information content (AvgIpc) is 3.25. The molecule has 2 aliphatic rings. The van der Waals surface area contributed by atoms with Crippen molar-refractivity contribution < 1.29 is 33.3 Å². The van der Waals surface area contributed by atoms with E-state index in [1.807, 2.05) is 34.6 Å². The van der Waals surface area contributed by atoms with Gasteiger partial charge in [0.2, 0.25) is 0 Å². The molecule has 0 spiro atoms. The van der Waals surface area contributed by atoms with Gasteiger partial charge in [0.25, 0.3) is 0 Å². The van der Waals surface area contributed by atoms with E-state index in [2.05, 4.69) is 0 Å². The largest absolute Gasteiger partial charge is 0.492 e. The van der Waals surface area contributed by atoms with Gasteiger partial charge in [0.05, 0.1) is 37.0 Å². The first-order valence-electron chi connectivity index (χ1n) is 12.0. The maximum atomic E-state index is 13.9. The number of hydrogen-bond acceptors (Lipinski definition) is 7. The minimum atomic E-state index is -1.28. The summed E-state index contributed by atoms with van der Waals surface area (Å²) in [4.78, 5) is 41.2. The Kier molecular flexibility index (Phi) is 6.38. The predicted molar refractivity (Wildman–Crippen MR) is 130 cm³/mol. The van der Waals surface area contributed by atoms with Crippen molar-refractivity contribution in [3.8, 4) is 17.2 Å². The predicted octanol–water partition coefficient (Wildman–Crippen LogP) is 4.89. The molecule has 0 radical (unpaired) electrons. The Balaban J connectivity index is 2.17. The number of fused-ring (bicyclic) bond motifs is 3. The molecule has 0 amide bonds. The van der Waals surface area contributed by atoms with Crippen LogP contribution in [0.15, 0.2) is 24.3 Å². The van der Waals surface area contributed by atoms with Gasteiger partial charge in [0.15, 0.2) is 23.1 Å². The molecule has 4 rings (SSSR count). The highest BCUT2D eigenvalue weighted by Crippen LogP contribution is 2.60. The zero-order chi connectivity index (χ0) is 25.5. The number of rotatable bonds is 7. The summed E-state index contributed by atoms with van der Waals surface area (Å²) in [6, 6.07) is 6.72. The summed E-state index contributed by atoms with van der Waals surface area (Å²) in [6.07, 6.45) is 1.34. The van der Waals surface area contributed by atoms with E-state index in [-0.39, 0.29) is 46.5 Å². The van der Waals surface area contributed by atoms with E-state index in [4.69, 9.17) is 18.9 Å². The minimum absolute atomic E-state index is 0.0261. The summed E-state index contributed by atoms with van der Waals surface area (Å²) in [7, 11) is 1.33. The smallest absolute Gasteiger partial charge is 0.320 e. The van der Waals surface area contributed by atoms with Gasteiger partial charge in [-0.3, -0.25) is 14.4 Å². The van der Waals surface area contributed by atoms with Crippen molar-refractivity contribution in [3.05, 3.63) is 52.1 Å². The first-order chi connectivity index (χ1) is 16.7.